The van der Waals surface area contributed by atoms with Gasteiger partial charge < -0.3 is 4.74 Å². The average molecular weight is 437 g/mol. The second-order valence-corrected chi connectivity index (χ2v) is 7.98. The zero-order valence-corrected chi connectivity index (χ0v) is 18.4. The summed E-state index contributed by atoms with van der Waals surface area (Å²) in [7, 11) is 0. The zero-order valence-electron chi connectivity index (χ0n) is 18.4. The molecule has 1 atom stereocenters. The second kappa shape index (κ2) is 8.39. The number of rotatable bonds is 5. The molecule has 0 fully saturated rings. The Hall–Kier alpha value is -4.19. The molecule has 1 aliphatic heterocycles. The monoisotopic (exact) mass is 437 g/mol. The van der Waals surface area contributed by atoms with Crippen molar-refractivity contribution in [3.8, 4) is 11.3 Å². The Balaban J connectivity index is 1.63. The van der Waals surface area contributed by atoms with Gasteiger partial charge in [0.1, 0.15) is 5.69 Å². The van der Waals surface area contributed by atoms with Crippen molar-refractivity contribution in [1.82, 2.24) is 10.2 Å². The van der Waals surface area contributed by atoms with Crippen LogP contribution in [0.4, 0.5) is 5.69 Å². The number of nitrogens with one attached hydrogen (secondary N) is 1. The Labute approximate surface area is 191 Å². The number of aromatic nitrogens is 2. The van der Waals surface area contributed by atoms with Gasteiger partial charge in [0, 0.05) is 16.8 Å². The van der Waals surface area contributed by atoms with Gasteiger partial charge in [0.15, 0.2) is 0 Å². The van der Waals surface area contributed by atoms with Gasteiger partial charge in [-0.25, -0.2) is 4.79 Å². The van der Waals surface area contributed by atoms with Crippen LogP contribution in [-0.2, 0) is 4.74 Å². The maximum Gasteiger partial charge on any atom is 0.338 e. The third-order valence-corrected chi connectivity index (χ3v) is 5.87. The van der Waals surface area contributed by atoms with Crippen molar-refractivity contribution in [1.29, 1.82) is 0 Å². The van der Waals surface area contributed by atoms with Gasteiger partial charge in [-0.1, -0.05) is 60.2 Å². The van der Waals surface area contributed by atoms with Crippen molar-refractivity contribution in [2.24, 2.45) is 0 Å². The highest BCUT2D eigenvalue weighted by atomic mass is 16.5. The summed E-state index contributed by atoms with van der Waals surface area (Å²) in [6.07, 6.45) is 0. The van der Waals surface area contributed by atoms with E-state index < -0.39 is 0 Å². The van der Waals surface area contributed by atoms with Gasteiger partial charge in [-0.3, -0.25) is 14.8 Å². The molecule has 1 aliphatic rings. The summed E-state index contributed by atoms with van der Waals surface area (Å²) in [4.78, 5) is 27.4. The van der Waals surface area contributed by atoms with Gasteiger partial charge in [0.25, 0.3) is 5.91 Å². The lowest BCUT2D eigenvalue weighted by Crippen LogP contribution is -2.29. The molecule has 0 bridgehead atoms. The molecule has 0 spiro atoms. The number of hydrogen-bond donors (Lipinski definition) is 1. The van der Waals surface area contributed by atoms with E-state index in [1.54, 1.807) is 36.1 Å². The minimum Gasteiger partial charge on any atom is -0.462 e. The second-order valence-electron chi connectivity index (χ2n) is 7.98. The molecule has 0 radical (unpaired) electrons. The van der Waals surface area contributed by atoms with E-state index in [9.17, 15) is 9.59 Å². The number of fused-ring (bicyclic) bond motifs is 1. The summed E-state index contributed by atoms with van der Waals surface area (Å²) in [5, 5.41) is 7.48. The van der Waals surface area contributed by atoms with Crippen LogP contribution in [0.2, 0.25) is 0 Å². The standard InChI is InChI=1S/C27H23N3O3/c1-3-33-27(32)20-13-15-21(16-14-20)30-25(19-11-9-17(2)10-12-19)22-23(18-7-5-4-6-8-18)28-29-24(22)26(30)31/h4-16,25H,3H2,1-2H3,(H,28,29)/t25-/m0/s1. The van der Waals surface area contributed by atoms with Crippen molar-refractivity contribution in [2.75, 3.05) is 11.5 Å². The molecule has 4 aromatic rings. The molecule has 3 aromatic carbocycles. The van der Waals surface area contributed by atoms with E-state index in [0.29, 0.717) is 23.6 Å². The summed E-state index contributed by atoms with van der Waals surface area (Å²) in [6, 6.07) is 24.6. The fourth-order valence-electron chi connectivity index (χ4n) is 4.27. The molecule has 2 heterocycles. The van der Waals surface area contributed by atoms with Crippen molar-refractivity contribution in [3.63, 3.8) is 0 Å². The van der Waals surface area contributed by atoms with Crippen LogP contribution in [0, 0.1) is 6.92 Å². The largest absolute Gasteiger partial charge is 0.462 e. The highest BCUT2D eigenvalue weighted by Crippen LogP contribution is 2.45. The van der Waals surface area contributed by atoms with Crippen LogP contribution >= 0.6 is 0 Å². The molecule has 33 heavy (non-hydrogen) atoms. The Morgan fingerprint density at radius 2 is 1.70 bits per heavy atom. The van der Waals surface area contributed by atoms with E-state index in [2.05, 4.69) is 10.2 Å². The minimum absolute atomic E-state index is 0.158. The Kier molecular flexibility index (Phi) is 5.26. The van der Waals surface area contributed by atoms with E-state index >= 15 is 0 Å². The van der Waals surface area contributed by atoms with Crippen molar-refractivity contribution in [3.05, 3.63) is 107 Å². The maximum atomic E-state index is 13.6. The molecule has 0 aliphatic carbocycles. The third-order valence-electron chi connectivity index (χ3n) is 5.87. The van der Waals surface area contributed by atoms with Gasteiger partial charge >= 0.3 is 5.97 Å². The maximum absolute atomic E-state index is 13.6. The van der Waals surface area contributed by atoms with Gasteiger partial charge in [0.05, 0.1) is 23.9 Å². The Bertz CT molecular complexity index is 1310. The molecule has 1 amide bonds. The summed E-state index contributed by atoms with van der Waals surface area (Å²) < 4.78 is 5.09. The van der Waals surface area contributed by atoms with Crippen LogP contribution in [0.3, 0.4) is 0 Å². The molecule has 0 saturated heterocycles. The number of H-pyrrole nitrogens is 1. The number of ether oxygens (including phenoxy) is 1. The molecular weight excluding hydrogens is 414 g/mol. The first kappa shape index (κ1) is 20.7. The Morgan fingerprint density at radius 3 is 2.36 bits per heavy atom. The number of hydrogen-bond acceptors (Lipinski definition) is 4. The van der Waals surface area contributed by atoms with Crippen LogP contribution in [0.15, 0.2) is 78.9 Å². The number of aryl methyl sites for hydroxylation is 1. The molecule has 5 rings (SSSR count). The SMILES string of the molecule is CCOC(=O)c1ccc(N2C(=O)c3[nH]nc(-c4ccccc4)c3[C@@H]2c2ccc(C)cc2)cc1. The number of anilines is 1. The summed E-state index contributed by atoms with van der Waals surface area (Å²) in [6.45, 7) is 4.12. The summed E-state index contributed by atoms with van der Waals surface area (Å²) in [5.41, 5.74) is 6.31. The third kappa shape index (κ3) is 3.59. The van der Waals surface area contributed by atoms with Crippen LogP contribution < -0.4 is 4.90 Å². The fraction of sp³-hybridized carbons (Fsp3) is 0.148. The Morgan fingerprint density at radius 1 is 1.00 bits per heavy atom. The first-order valence-electron chi connectivity index (χ1n) is 10.9. The normalized spacial score (nSPS) is 14.9. The molecule has 1 N–H and O–H groups in total. The highest BCUT2D eigenvalue weighted by Gasteiger charge is 2.43. The molecular formula is C27H23N3O3. The molecule has 6 nitrogen and oxygen atoms in total. The lowest BCUT2D eigenvalue weighted by molar-refractivity contribution is 0.0526. The number of amides is 1. The van der Waals surface area contributed by atoms with Crippen LogP contribution in [0.25, 0.3) is 11.3 Å². The number of esters is 1. The molecule has 164 valence electrons. The minimum atomic E-state index is -0.382. The van der Waals surface area contributed by atoms with E-state index in [0.717, 1.165) is 27.9 Å². The van der Waals surface area contributed by atoms with E-state index in [1.165, 1.54) is 0 Å². The lowest BCUT2D eigenvalue weighted by Gasteiger charge is -2.26. The summed E-state index contributed by atoms with van der Waals surface area (Å²) in [5.74, 6) is -0.540. The number of aromatic amines is 1. The number of carbonyl (C=O) groups excluding carboxylic acids is 2. The van der Waals surface area contributed by atoms with E-state index in [1.807, 2.05) is 61.5 Å². The van der Waals surface area contributed by atoms with Crippen molar-refractivity contribution in [2.45, 2.75) is 19.9 Å². The highest BCUT2D eigenvalue weighted by molar-refractivity contribution is 6.11. The molecule has 0 unspecified atom stereocenters. The number of nitrogens with zero attached hydrogens (tertiary/aromatic N) is 2. The topological polar surface area (TPSA) is 75.3 Å². The average Bonchev–Trinajstić information content (AvgIpc) is 3.39. The van der Waals surface area contributed by atoms with Gasteiger partial charge in [-0.05, 0) is 43.7 Å². The number of benzene rings is 3. The molecule has 6 heteroatoms. The quantitative estimate of drug-likeness (QED) is 0.429. The fourth-order valence-corrected chi connectivity index (χ4v) is 4.27. The van der Waals surface area contributed by atoms with Crippen LogP contribution in [0.1, 0.15) is 50.5 Å². The van der Waals surface area contributed by atoms with Crippen molar-refractivity contribution >= 4 is 17.6 Å². The van der Waals surface area contributed by atoms with Crippen LogP contribution in [0.5, 0.6) is 0 Å². The molecule has 1 aromatic heterocycles. The number of carbonyl (C=O) groups is 2. The van der Waals surface area contributed by atoms with Gasteiger partial charge in [-0.15, -0.1) is 0 Å². The van der Waals surface area contributed by atoms with E-state index in [-0.39, 0.29) is 17.9 Å². The van der Waals surface area contributed by atoms with Gasteiger partial charge in [-0.2, -0.15) is 5.10 Å². The first-order chi connectivity index (χ1) is 16.1. The van der Waals surface area contributed by atoms with Crippen molar-refractivity contribution < 1.29 is 14.3 Å². The summed E-state index contributed by atoms with van der Waals surface area (Å²) >= 11 is 0. The van der Waals surface area contributed by atoms with E-state index in [4.69, 9.17) is 4.74 Å². The first-order valence-corrected chi connectivity index (χ1v) is 10.9. The van der Waals surface area contributed by atoms with Gasteiger partial charge in [0.2, 0.25) is 0 Å². The molecule has 0 saturated carbocycles. The smallest absolute Gasteiger partial charge is 0.338 e. The predicted molar refractivity (Wildman–Crippen MR) is 126 cm³/mol. The zero-order chi connectivity index (χ0) is 22.9. The van der Waals surface area contributed by atoms with Crippen LogP contribution in [-0.4, -0.2) is 28.7 Å². The predicted octanol–water partition coefficient (Wildman–Crippen LogP) is 5.31. The lowest BCUT2D eigenvalue weighted by atomic mass is 9.95.